The third-order valence-electron chi connectivity index (χ3n) is 7.33. The lowest BCUT2D eigenvalue weighted by Gasteiger charge is -2.19. The molecular weight excluding hydrogens is 614 g/mol. The number of nitrogens with zero attached hydrogens (tertiary/aromatic N) is 2. The summed E-state index contributed by atoms with van der Waals surface area (Å²) in [4.78, 5) is 28.8. The summed E-state index contributed by atoms with van der Waals surface area (Å²) in [6.45, 7) is 7.63. The number of hydrogen-bond donors (Lipinski definition) is 2. The molecule has 2 aromatic carbocycles. The molecule has 0 bridgehead atoms. The monoisotopic (exact) mass is 654 g/mol. The summed E-state index contributed by atoms with van der Waals surface area (Å²) in [6, 6.07) is 13.7. The van der Waals surface area contributed by atoms with E-state index in [9.17, 15) is 13.6 Å². The summed E-state index contributed by atoms with van der Waals surface area (Å²) in [5.41, 5.74) is 9.89. The Morgan fingerprint density at radius 1 is 1.17 bits per heavy atom. The van der Waals surface area contributed by atoms with Gasteiger partial charge in [-0.15, -0.1) is 0 Å². The Morgan fingerprint density at radius 3 is 2.52 bits per heavy atom. The Hall–Kier alpha value is -4.15. The minimum Gasteiger partial charge on any atom is -0.491 e. The number of carbonyl (C=O) groups excluding carboxylic acids is 2. The van der Waals surface area contributed by atoms with Crippen LogP contribution in [-0.4, -0.2) is 56.1 Å². The molecule has 8 nitrogen and oxygen atoms in total. The minimum atomic E-state index is -0.324. The van der Waals surface area contributed by atoms with Crippen molar-refractivity contribution in [2.75, 3.05) is 33.5 Å². The number of amides is 1. The van der Waals surface area contributed by atoms with Crippen LogP contribution in [0.4, 0.5) is 8.78 Å². The van der Waals surface area contributed by atoms with E-state index in [0.29, 0.717) is 36.0 Å². The Kier molecular flexibility index (Phi) is 14.3. The number of carbonyl (C=O) groups is 2. The highest BCUT2D eigenvalue weighted by molar-refractivity contribution is 6.31. The van der Waals surface area contributed by atoms with Crippen LogP contribution in [-0.2, 0) is 4.79 Å². The topological polar surface area (TPSA) is 116 Å². The fourth-order valence-corrected chi connectivity index (χ4v) is 5.22. The maximum Gasteiger partial charge on any atom is 0.204 e. The van der Waals surface area contributed by atoms with Crippen LogP contribution in [0.1, 0.15) is 72.3 Å². The van der Waals surface area contributed by atoms with Crippen LogP contribution in [0.15, 0.2) is 48.5 Å². The van der Waals surface area contributed by atoms with E-state index < -0.39 is 0 Å². The van der Waals surface area contributed by atoms with Crippen LogP contribution in [0, 0.1) is 12.7 Å². The Balaban J connectivity index is 0.000000241. The van der Waals surface area contributed by atoms with Crippen LogP contribution in [0.5, 0.6) is 11.5 Å². The van der Waals surface area contributed by atoms with Gasteiger partial charge >= 0.3 is 0 Å². The largest absolute Gasteiger partial charge is 0.491 e. The number of alkyl halides is 1. The fourth-order valence-electron chi connectivity index (χ4n) is 5.06. The molecule has 0 radical (unpaired) electrons. The zero-order valence-corrected chi connectivity index (χ0v) is 27.4. The van der Waals surface area contributed by atoms with E-state index >= 15 is 0 Å². The van der Waals surface area contributed by atoms with Gasteiger partial charge in [0, 0.05) is 46.2 Å². The standard InChI is InChI=1S/C20H24F2N2O.C14H14ClNO2.CH3NO/c1-13-12-25-20-17(13)10-18(15(11-23-2)4-3-9-21)24-19(20)14-5-7-16(22)8-6-14;1-3-4-18-13-6-10(8-17)5-11-7-12(15)9(2)16-14(11)13;2-1-3/h5-8,10,13,15,23H,3-4,9,11-12H2,1-2H3;5-8H,3-4H2,1-2H3;1H,(H2,2,3). The number of nitrogens with one attached hydrogen (secondary N) is 1. The second kappa shape index (κ2) is 18.1. The molecule has 46 heavy (non-hydrogen) atoms. The summed E-state index contributed by atoms with van der Waals surface area (Å²) < 4.78 is 37.5. The zero-order chi connectivity index (χ0) is 33.6. The van der Waals surface area contributed by atoms with Crippen molar-refractivity contribution in [1.82, 2.24) is 15.3 Å². The number of likely N-dealkylation sites (N-methyl/N-ethyl adjacent to an activating group) is 1. The number of ether oxygens (including phenoxy) is 2. The molecule has 0 aliphatic carbocycles. The first-order chi connectivity index (χ1) is 22.2. The van der Waals surface area contributed by atoms with Gasteiger partial charge in [0.1, 0.15) is 34.8 Å². The van der Waals surface area contributed by atoms with Gasteiger partial charge in [-0.05, 0) is 81.8 Å². The number of aromatic nitrogens is 2. The van der Waals surface area contributed by atoms with Gasteiger partial charge in [-0.1, -0.05) is 25.4 Å². The average molecular weight is 655 g/mol. The molecule has 1 amide bonds. The number of nitrogens with two attached hydrogens (primary N) is 1. The van der Waals surface area contributed by atoms with Crippen LogP contribution >= 0.6 is 11.6 Å². The first-order valence-electron chi connectivity index (χ1n) is 15.2. The van der Waals surface area contributed by atoms with E-state index in [4.69, 9.17) is 30.9 Å². The smallest absolute Gasteiger partial charge is 0.204 e. The number of primary amides is 1. The van der Waals surface area contributed by atoms with Crippen molar-refractivity contribution < 1.29 is 27.8 Å². The van der Waals surface area contributed by atoms with E-state index in [0.717, 1.165) is 70.5 Å². The number of pyridine rings is 2. The number of rotatable bonds is 11. The predicted octanol–water partition coefficient (Wildman–Crippen LogP) is 7.34. The van der Waals surface area contributed by atoms with Crippen LogP contribution < -0.4 is 20.5 Å². The molecule has 0 fully saturated rings. The van der Waals surface area contributed by atoms with Gasteiger partial charge in [-0.3, -0.25) is 14.0 Å². The first kappa shape index (κ1) is 36.3. The number of fused-ring (bicyclic) bond motifs is 2. The average Bonchev–Trinajstić information content (AvgIpc) is 3.43. The first-order valence-corrected chi connectivity index (χ1v) is 15.6. The highest BCUT2D eigenvalue weighted by Crippen LogP contribution is 2.42. The van der Waals surface area contributed by atoms with Gasteiger partial charge in [-0.2, -0.15) is 0 Å². The van der Waals surface area contributed by atoms with Gasteiger partial charge < -0.3 is 20.5 Å². The number of hydrogen-bond acceptors (Lipinski definition) is 7. The molecule has 1 aliphatic rings. The van der Waals surface area contributed by atoms with Crippen molar-refractivity contribution in [1.29, 1.82) is 0 Å². The van der Waals surface area contributed by atoms with Crippen molar-refractivity contribution >= 4 is 35.2 Å². The molecule has 5 rings (SSSR count). The lowest BCUT2D eigenvalue weighted by Crippen LogP contribution is -2.19. The van der Waals surface area contributed by atoms with Gasteiger partial charge in [-0.25, -0.2) is 14.4 Å². The van der Waals surface area contributed by atoms with Crippen LogP contribution in [0.3, 0.4) is 0 Å². The Labute approximate surface area is 273 Å². The molecule has 0 spiro atoms. The molecule has 1 aliphatic heterocycles. The molecule has 3 heterocycles. The van der Waals surface area contributed by atoms with E-state index in [1.807, 2.05) is 27.0 Å². The Morgan fingerprint density at radius 2 is 1.89 bits per heavy atom. The quantitative estimate of drug-likeness (QED) is 0.163. The van der Waals surface area contributed by atoms with E-state index in [1.165, 1.54) is 12.1 Å². The SMILES string of the molecule is CCCOc1cc(C=O)cc2cc(Cl)c(C)nc12.CNCC(CCCF)c1cc2c(c(-c3ccc(F)cc3)n1)OCC2C.NC=O. The van der Waals surface area contributed by atoms with Crippen molar-refractivity contribution in [3.05, 3.63) is 81.9 Å². The molecule has 2 unspecified atom stereocenters. The molecule has 11 heteroatoms. The second-order valence-corrected chi connectivity index (χ2v) is 11.3. The van der Waals surface area contributed by atoms with E-state index in [-0.39, 0.29) is 30.7 Å². The van der Waals surface area contributed by atoms with Crippen molar-refractivity contribution in [3.63, 3.8) is 0 Å². The number of aldehydes is 1. The van der Waals surface area contributed by atoms with Crippen molar-refractivity contribution in [3.8, 4) is 22.8 Å². The zero-order valence-electron chi connectivity index (χ0n) is 26.6. The predicted molar refractivity (Wildman–Crippen MR) is 178 cm³/mol. The molecular formula is C35H41ClF2N4O4. The summed E-state index contributed by atoms with van der Waals surface area (Å²) in [7, 11) is 1.89. The van der Waals surface area contributed by atoms with E-state index in [1.54, 1.807) is 24.3 Å². The second-order valence-electron chi connectivity index (χ2n) is 10.9. The maximum atomic E-state index is 13.3. The summed E-state index contributed by atoms with van der Waals surface area (Å²) in [5, 5.41) is 4.59. The normalized spacial score (nSPS) is 13.8. The number of halogens is 3. The number of aryl methyl sites for hydroxylation is 1. The van der Waals surface area contributed by atoms with E-state index in [2.05, 4.69) is 29.0 Å². The molecule has 246 valence electrons. The lowest BCUT2D eigenvalue weighted by molar-refractivity contribution is -0.106. The van der Waals surface area contributed by atoms with Crippen molar-refractivity contribution in [2.24, 2.45) is 5.73 Å². The Bertz CT molecular complexity index is 1600. The van der Waals surface area contributed by atoms with Crippen LogP contribution in [0.2, 0.25) is 5.02 Å². The summed E-state index contributed by atoms with van der Waals surface area (Å²) >= 11 is 6.05. The minimum absolute atomic E-state index is 0.137. The van der Waals surface area contributed by atoms with Gasteiger partial charge in [0.2, 0.25) is 6.41 Å². The highest BCUT2D eigenvalue weighted by Gasteiger charge is 2.27. The molecule has 0 saturated carbocycles. The summed E-state index contributed by atoms with van der Waals surface area (Å²) in [6.07, 6.45) is 3.20. The molecule has 2 aromatic heterocycles. The maximum absolute atomic E-state index is 13.3. The van der Waals surface area contributed by atoms with Gasteiger partial charge in [0.25, 0.3) is 0 Å². The van der Waals surface area contributed by atoms with Crippen LogP contribution in [0.25, 0.3) is 22.2 Å². The lowest BCUT2D eigenvalue weighted by atomic mass is 9.93. The highest BCUT2D eigenvalue weighted by atomic mass is 35.5. The van der Waals surface area contributed by atoms with Crippen molar-refractivity contribution in [2.45, 2.75) is 51.9 Å². The molecule has 2 atom stereocenters. The third kappa shape index (κ3) is 9.43. The third-order valence-corrected chi connectivity index (χ3v) is 7.72. The summed E-state index contributed by atoms with van der Waals surface area (Å²) in [5.74, 6) is 1.57. The molecule has 0 saturated heterocycles. The van der Waals surface area contributed by atoms with Gasteiger partial charge in [0.05, 0.1) is 30.6 Å². The molecule has 3 N–H and O–H groups in total. The van der Waals surface area contributed by atoms with Gasteiger partial charge in [0.15, 0.2) is 0 Å². The number of benzene rings is 2. The molecule has 4 aromatic rings. The fraction of sp³-hybridized carbons (Fsp3) is 0.371.